The minimum absolute atomic E-state index is 0.169. The molecule has 24 heavy (non-hydrogen) atoms. The Morgan fingerprint density at radius 2 is 2.04 bits per heavy atom. The van der Waals surface area contributed by atoms with Gasteiger partial charge in [-0.2, -0.15) is 0 Å². The minimum Gasteiger partial charge on any atom is -0.482 e. The number of hydrogen-bond donors (Lipinski definition) is 2. The Kier molecular flexibility index (Phi) is 4.53. The van der Waals surface area contributed by atoms with Gasteiger partial charge in [-0.25, -0.2) is 0 Å². The number of pyridine rings is 1. The lowest BCUT2D eigenvalue weighted by Crippen LogP contribution is -2.21. The summed E-state index contributed by atoms with van der Waals surface area (Å²) in [5.41, 5.74) is 1.89. The fourth-order valence-corrected chi connectivity index (χ4v) is 2.59. The molecule has 0 aliphatic rings. The topological polar surface area (TPSA) is 71.2 Å². The first-order valence-corrected chi connectivity index (χ1v) is 7.71. The van der Waals surface area contributed by atoms with E-state index in [-0.39, 0.29) is 18.1 Å². The Balaban J connectivity index is 1.72. The standard InChI is InChI=1S/C18H15ClN2O3/c1-11-9-13(19)6-7-14(11)20-17(23)10-24-15-4-2-3-12-5-8-16(22)21-18(12)15/h2-9H,10H2,1H3,(H,20,23)(H,21,22). The Morgan fingerprint density at radius 1 is 1.21 bits per heavy atom. The first-order valence-electron chi connectivity index (χ1n) is 7.34. The van der Waals surface area contributed by atoms with Crippen molar-refractivity contribution < 1.29 is 9.53 Å². The molecular formula is C18H15ClN2O3. The summed E-state index contributed by atoms with van der Waals surface area (Å²) < 4.78 is 5.56. The van der Waals surface area contributed by atoms with Crippen molar-refractivity contribution in [2.75, 3.05) is 11.9 Å². The molecular weight excluding hydrogens is 328 g/mol. The number of aryl methyl sites for hydroxylation is 1. The molecule has 1 heterocycles. The maximum absolute atomic E-state index is 12.1. The molecule has 0 unspecified atom stereocenters. The first kappa shape index (κ1) is 16.1. The third-order valence-corrected chi connectivity index (χ3v) is 3.78. The van der Waals surface area contributed by atoms with Gasteiger partial charge in [0, 0.05) is 22.2 Å². The van der Waals surface area contributed by atoms with E-state index in [1.807, 2.05) is 13.0 Å². The second kappa shape index (κ2) is 6.76. The second-order valence-electron chi connectivity index (χ2n) is 5.34. The summed E-state index contributed by atoms with van der Waals surface area (Å²) in [6.45, 7) is 1.69. The Hall–Kier alpha value is -2.79. The SMILES string of the molecule is Cc1cc(Cl)ccc1NC(=O)COc1cccc2ccc(=O)[nH]c12. The summed E-state index contributed by atoms with van der Waals surface area (Å²) in [5.74, 6) is 0.156. The van der Waals surface area contributed by atoms with Crippen molar-refractivity contribution >= 4 is 34.1 Å². The number of H-pyrrole nitrogens is 1. The molecule has 6 heteroatoms. The number of anilines is 1. The second-order valence-corrected chi connectivity index (χ2v) is 5.78. The average Bonchev–Trinajstić information content (AvgIpc) is 2.55. The summed E-state index contributed by atoms with van der Waals surface area (Å²) in [6, 6.07) is 13.7. The number of ether oxygens (including phenoxy) is 1. The Bertz CT molecular complexity index is 966. The van der Waals surface area contributed by atoms with E-state index in [1.54, 1.807) is 36.4 Å². The molecule has 1 aromatic heterocycles. The number of halogens is 1. The highest BCUT2D eigenvalue weighted by Crippen LogP contribution is 2.22. The van der Waals surface area contributed by atoms with Crippen LogP contribution in [-0.4, -0.2) is 17.5 Å². The van der Waals surface area contributed by atoms with E-state index in [0.717, 1.165) is 10.9 Å². The number of nitrogens with one attached hydrogen (secondary N) is 2. The largest absolute Gasteiger partial charge is 0.482 e. The summed E-state index contributed by atoms with van der Waals surface area (Å²) in [7, 11) is 0. The van der Waals surface area contributed by atoms with E-state index in [9.17, 15) is 9.59 Å². The van der Waals surface area contributed by atoms with E-state index in [2.05, 4.69) is 10.3 Å². The van der Waals surface area contributed by atoms with E-state index in [4.69, 9.17) is 16.3 Å². The van der Waals surface area contributed by atoms with Crippen LogP contribution in [0.5, 0.6) is 5.75 Å². The van der Waals surface area contributed by atoms with Gasteiger partial charge in [-0.1, -0.05) is 23.7 Å². The van der Waals surface area contributed by atoms with Crippen molar-refractivity contribution in [2.24, 2.45) is 0 Å². The maximum Gasteiger partial charge on any atom is 0.262 e. The maximum atomic E-state index is 12.1. The number of fused-ring (bicyclic) bond motifs is 1. The number of carbonyl (C=O) groups is 1. The average molecular weight is 343 g/mol. The minimum atomic E-state index is -0.296. The molecule has 122 valence electrons. The normalized spacial score (nSPS) is 10.6. The Morgan fingerprint density at radius 3 is 2.83 bits per heavy atom. The molecule has 3 aromatic rings. The predicted molar refractivity (Wildman–Crippen MR) is 94.9 cm³/mol. The van der Waals surface area contributed by atoms with Gasteiger partial charge in [0.1, 0.15) is 5.75 Å². The third kappa shape index (κ3) is 3.58. The number of aromatic nitrogens is 1. The third-order valence-electron chi connectivity index (χ3n) is 3.54. The molecule has 5 nitrogen and oxygen atoms in total. The number of benzene rings is 2. The number of para-hydroxylation sites is 1. The van der Waals surface area contributed by atoms with E-state index in [1.165, 1.54) is 6.07 Å². The molecule has 0 fully saturated rings. The van der Waals surface area contributed by atoms with Crippen LogP contribution in [-0.2, 0) is 4.79 Å². The van der Waals surface area contributed by atoms with Gasteiger partial charge in [-0.15, -0.1) is 0 Å². The van der Waals surface area contributed by atoms with Gasteiger partial charge >= 0.3 is 0 Å². The van der Waals surface area contributed by atoms with Crippen LogP contribution >= 0.6 is 11.6 Å². The predicted octanol–water partition coefficient (Wildman–Crippen LogP) is 3.51. The van der Waals surface area contributed by atoms with Crippen LogP contribution in [0.15, 0.2) is 53.3 Å². The Labute approximate surface area is 143 Å². The summed E-state index contributed by atoms with van der Waals surface area (Å²) >= 11 is 5.90. The van der Waals surface area contributed by atoms with Crippen molar-refractivity contribution in [3.05, 3.63) is 69.5 Å². The van der Waals surface area contributed by atoms with Gasteiger partial charge in [0.2, 0.25) is 5.56 Å². The van der Waals surface area contributed by atoms with Crippen molar-refractivity contribution in [3.63, 3.8) is 0 Å². The van der Waals surface area contributed by atoms with E-state index >= 15 is 0 Å². The summed E-state index contributed by atoms with van der Waals surface area (Å²) in [4.78, 5) is 26.3. The quantitative estimate of drug-likeness (QED) is 0.762. The highest BCUT2D eigenvalue weighted by molar-refractivity contribution is 6.30. The van der Waals surface area contributed by atoms with Gasteiger partial charge in [0.15, 0.2) is 6.61 Å². The molecule has 0 saturated carbocycles. The van der Waals surface area contributed by atoms with Gasteiger partial charge in [-0.05, 0) is 42.8 Å². The lowest BCUT2D eigenvalue weighted by Gasteiger charge is -2.11. The summed E-state index contributed by atoms with van der Waals surface area (Å²) in [5, 5.41) is 4.22. The number of carbonyl (C=O) groups excluding carboxylic acids is 1. The lowest BCUT2D eigenvalue weighted by molar-refractivity contribution is -0.118. The number of hydrogen-bond acceptors (Lipinski definition) is 3. The molecule has 0 spiro atoms. The molecule has 3 rings (SSSR count). The molecule has 0 aliphatic carbocycles. The molecule has 0 radical (unpaired) electrons. The van der Waals surface area contributed by atoms with Crippen LogP contribution < -0.4 is 15.6 Å². The molecule has 0 saturated heterocycles. The highest BCUT2D eigenvalue weighted by Gasteiger charge is 2.08. The van der Waals surface area contributed by atoms with Gasteiger partial charge < -0.3 is 15.0 Å². The molecule has 1 amide bonds. The lowest BCUT2D eigenvalue weighted by atomic mass is 10.2. The molecule has 2 N–H and O–H groups in total. The monoisotopic (exact) mass is 342 g/mol. The van der Waals surface area contributed by atoms with Gasteiger partial charge in [0.25, 0.3) is 5.91 Å². The van der Waals surface area contributed by atoms with Crippen molar-refractivity contribution in [1.82, 2.24) is 4.98 Å². The molecule has 0 bridgehead atoms. The zero-order valence-corrected chi connectivity index (χ0v) is 13.7. The van der Waals surface area contributed by atoms with Crippen LogP contribution in [0.2, 0.25) is 5.02 Å². The van der Waals surface area contributed by atoms with Crippen LogP contribution in [0.4, 0.5) is 5.69 Å². The van der Waals surface area contributed by atoms with Crippen molar-refractivity contribution in [3.8, 4) is 5.75 Å². The fraction of sp³-hybridized carbons (Fsp3) is 0.111. The molecule has 0 aliphatic heterocycles. The summed E-state index contributed by atoms with van der Waals surface area (Å²) in [6.07, 6.45) is 0. The highest BCUT2D eigenvalue weighted by atomic mass is 35.5. The molecule has 0 atom stereocenters. The van der Waals surface area contributed by atoms with Crippen LogP contribution in [0, 0.1) is 6.92 Å². The number of aromatic amines is 1. The number of amides is 1. The van der Waals surface area contributed by atoms with E-state index < -0.39 is 0 Å². The van der Waals surface area contributed by atoms with Crippen LogP contribution in [0.3, 0.4) is 0 Å². The van der Waals surface area contributed by atoms with Crippen molar-refractivity contribution in [1.29, 1.82) is 0 Å². The van der Waals surface area contributed by atoms with Gasteiger partial charge in [-0.3, -0.25) is 9.59 Å². The fourth-order valence-electron chi connectivity index (χ4n) is 2.37. The molecule has 2 aromatic carbocycles. The van der Waals surface area contributed by atoms with Crippen molar-refractivity contribution in [2.45, 2.75) is 6.92 Å². The zero-order valence-electron chi connectivity index (χ0n) is 12.9. The first-order chi connectivity index (χ1) is 11.5. The number of rotatable bonds is 4. The van der Waals surface area contributed by atoms with Crippen LogP contribution in [0.25, 0.3) is 10.9 Å². The smallest absolute Gasteiger partial charge is 0.262 e. The van der Waals surface area contributed by atoms with Crippen LogP contribution in [0.1, 0.15) is 5.56 Å². The van der Waals surface area contributed by atoms with Gasteiger partial charge in [0.05, 0.1) is 5.52 Å². The van der Waals surface area contributed by atoms with E-state index in [0.29, 0.717) is 22.0 Å². The zero-order chi connectivity index (χ0) is 17.1.